The Morgan fingerprint density at radius 2 is 1.79 bits per heavy atom. The summed E-state index contributed by atoms with van der Waals surface area (Å²) in [5, 5.41) is 0. The number of nitrogens with zero attached hydrogens (tertiary/aromatic N) is 4. The Balaban J connectivity index is 1.82. The molecule has 3 heterocycles. The van der Waals surface area contributed by atoms with Crippen molar-refractivity contribution in [1.82, 2.24) is 19.1 Å². The second-order valence-corrected chi connectivity index (χ2v) is 8.16. The van der Waals surface area contributed by atoms with Crippen LogP contribution in [0.1, 0.15) is 39.8 Å². The normalized spacial score (nSPS) is 24.6. The predicted molar refractivity (Wildman–Crippen MR) is 111 cm³/mol. The van der Waals surface area contributed by atoms with Gasteiger partial charge in [0.2, 0.25) is 5.95 Å². The van der Waals surface area contributed by atoms with E-state index in [1.807, 2.05) is 0 Å². The molecular formula is C20H25N5O8. The molecule has 2 aromatic rings. The van der Waals surface area contributed by atoms with Crippen LogP contribution in [-0.4, -0.2) is 61.9 Å². The predicted octanol–water partition coefficient (Wildman–Crippen LogP) is -0.0909. The van der Waals surface area contributed by atoms with Crippen LogP contribution in [0.4, 0.5) is 5.95 Å². The van der Waals surface area contributed by atoms with Gasteiger partial charge >= 0.3 is 23.6 Å². The molecule has 0 radical (unpaired) electrons. The third kappa shape index (κ3) is 4.67. The fraction of sp³-hybridized carbons (Fsp3) is 0.600. The van der Waals surface area contributed by atoms with Crippen molar-refractivity contribution in [3.05, 3.63) is 16.7 Å². The van der Waals surface area contributed by atoms with Gasteiger partial charge in [0.05, 0.1) is 6.20 Å². The first-order chi connectivity index (χ1) is 15.7. The van der Waals surface area contributed by atoms with Gasteiger partial charge in [0.15, 0.2) is 24.1 Å². The molecule has 4 atom stereocenters. The van der Waals surface area contributed by atoms with E-state index in [1.54, 1.807) is 0 Å². The third-order valence-corrected chi connectivity index (χ3v) is 5.46. The zero-order valence-corrected chi connectivity index (χ0v) is 18.4. The van der Waals surface area contributed by atoms with E-state index in [-0.39, 0.29) is 18.2 Å². The van der Waals surface area contributed by atoms with Gasteiger partial charge < -0.3 is 24.7 Å². The molecule has 13 nitrogen and oxygen atoms in total. The van der Waals surface area contributed by atoms with Crippen LogP contribution in [0.5, 0.6) is 0 Å². The van der Waals surface area contributed by atoms with Crippen LogP contribution in [0.2, 0.25) is 0 Å². The van der Waals surface area contributed by atoms with E-state index in [0.717, 1.165) is 12.8 Å². The van der Waals surface area contributed by atoms with E-state index < -0.39 is 48.1 Å². The van der Waals surface area contributed by atoms with Crippen molar-refractivity contribution in [2.45, 2.75) is 64.7 Å². The van der Waals surface area contributed by atoms with E-state index in [2.05, 4.69) is 9.97 Å². The standard InChI is InChI=1S/C20H25N5O8/c1-9(26)30-8-14-15(31-10(2)27)16(32-11(3)28)18(33-14)25-17-13(6-22-19(21)23-17)24(20(25)29)7-12-4-5-12/h6,12,14-16,18H,4-5,7-8H2,1-3H3,(H2,21,22,23)/t14-,15-,16-,18-/m1/s1. The summed E-state index contributed by atoms with van der Waals surface area (Å²) in [7, 11) is 0. The number of fused-ring (bicyclic) bond motifs is 1. The lowest BCUT2D eigenvalue weighted by Crippen LogP contribution is -2.41. The molecule has 0 spiro atoms. The summed E-state index contributed by atoms with van der Waals surface area (Å²) in [4.78, 5) is 56.8. The van der Waals surface area contributed by atoms with Gasteiger partial charge in [0.1, 0.15) is 18.2 Å². The summed E-state index contributed by atoms with van der Waals surface area (Å²) in [6.45, 7) is 3.76. The van der Waals surface area contributed by atoms with Crippen molar-refractivity contribution in [2.24, 2.45) is 5.92 Å². The van der Waals surface area contributed by atoms with Gasteiger partial charge in [-0.3, -0.25) is 19.0 Å². The summed E-state index contributed by atoms with van der Waals surface area (Å²) in [6, 6.07) is 0. The summed E-state index contributed by atoms with van der Waals surface area (Å²) < 4.78 is 24.6. The maximum Gasteiger partial charge on any atom is 0.332 e. The van der Waals surface area contributed by atoms with Crippen molar-refractivity contribution in [2.75, 3.05) is 12.3 Å². The second-order valence-electron chi connectivity index (χ2n) is 8.16. The molecule has 2 fully saturated rings. The molecule has 33 heavy (non-hydrogen) atoms. The number of nitrogens with two attached hydrogens (primary N) is 1. The number of ether oxygens (including phenoxy) is 4. The average Bonchev–Trinajstić information content (AvgIpc) is 3.44. The van der Waals surface area contributed by atoms with Crippen LogP contribution >= 0.6 is 0 Å². The van der Waals surface area contributed by atoms with Gasteiger partial charge in [-0.15, -0.1) is 0 Å². The fourth-order valence-corrected chi connectivity index (χ4v) is 3.94. The number of rotatable bonds is 7. The topological polar surface area (TPSA) is 167 Å². The maximum atomic E-state index is 13.5. The van der Waals surface area contributed by atoms with E-state index in [4.69, 9.17) is 24.7 Å². The Hall–Kier alpha value is -3.48. The smallest absolute Gasteiger partial charge is 0.332 e. The van der Waals surface area contributed by atoms with Gasteiger partial charge in [0.25, 0.3) is 0 Å². The molecule has 2 N–H and O–H groups in total. The van der Waals surface area contributed by atoms with Gasteiger partial charge in [-0.2, -0.15) is 4.98 Å². The number of esters is 3. The molecule has 1 aliphatic carbocycles. The molecule has 1 saturated heterocycles. The van der Waals surface area contributed by atoms with Crippen LogP contribution in [0, 0.1) is 5.92 Å². The lowest BCUT2D eigenvalue weighted by Gasteiger charge is -2.23. The first-order valence-corrected chi connectivity index (χ1v) is 10.5. The van der Waals surface area contributed by atoms with Gasteiger partial charge in [-0.05, 0) is 18.8 Å². The van der Waals surface area contributed by atoms with Crippen LogP contribution < -0.4 is 11.4 Å². The van der Waals surface area contributed by atoms with E-state index in [0.29, 0.717) is 18.0 Å². The lowest BCUT2D eigenvalue weighted by molar-refractivity contribution is -0.166. The number of carbonyl (C=O) groups is 3. The highest BCUT2D eigenvalue weighted by Crippen LogP contribution is 2.36. The maximum absolute atomic E-state index is 13.5. The summed E-state index contributed by atoms with van der Waals surface area (Å²) in [5.74, 6) is -1.62. The molecule has 0 unspecified atom stereocenters. The van der Waals surface area contributed by atoms with Crippen molar-refractivity contribution in [1.29, 1.82) is 0 Å². The summed E-state index contributed by atoms with van der Waals surface area (Å²) in [5.41, 5.74) is 5.95. The van der Waals surface area contributed by atoms with Crippen LogP contribution in [0.3, 0.4) is 0 Å². The van der Waals surface area contributed by atoms with Crippen molar-refractivity contribution in [3.8, 4) is 0 Å². The molecule has 0 bridgehead atoms. The molecule has 1 aliphatic heterocycles. The zero-order chi connectivity index (χ0) is 23.9. The van der Waals surface area contributed by atoms with Gasteiger partial charge in [-0.25, -0.2) is 14.3 Å². The molecule has 1 saturated carbocycles. The number of hydrogen-bond donors (Lipinski definition) is 1. The van der Waals surface area contributed by atoms with Crippen molar-refractivity contribution >= 4 is 35.0 Å². The van der Waals surface area contributed by atoms with E-state index in [1.165, 1.54) is 36.1 Å². The van der Waals surface area contributed by atoms with E-state index >= 15 is 0 Å². The fourth-order valence-electron chi connectivity index (χ4n) is 3.94. The molecule has 2 aromatic heterocycles. The minimum atomic E-state index is -1.22. The Kier molecular flexibility index (Phi) is 6.06. The van der Waals surface area contributed by atoms with Crippen LogP contribution in [-0.2, 0) is 39.9 Å². The highest BCUT2D eigenvalue weighted by atomic mass is 16.7. The molecule has 0 amide bonds. The van der Waals surface area contributed by atoms with Gasteiger partial charge in [0, 0.05) is 27.3 Å². The average molecular weight is 463 g/mol. The highest BCUT2D eigenvalue weighted by Gasteiger charge is 2.52. The summed E-state index contributed by atoms with van der Waals surface area (Å²) >= 11 is 0. The van der Waals surface area contributed by atoms with Gasteiger partial charge in [-0.1, -0.05) is 0 Å². The Bertz CT molecular complexity index is 1150. The zero-order valence-electron chi connectivity index (χ0n) is 18.4. The monoisotopic (exact) mass is 463 g/mol. The van der Waals surface area contributed by atoms with Crippen molar-refractivity contribution < 1.29 is 33.3 Å². The second kappa shape index (κ2) is 8.81. The lowest BCUT2D eigenvalue weighted by atomic mass is 10.1. The largest absolute Gasteiger partial charge is 0.463 e. The van der Waals surface area contributed by atoms with Crippen molar-refractivity contribution in [3.63, 3.8) is 0 Å². The number of carbonyl (C=O) groups excluding carboxylic acids is 3. The highest BCUT2D eigenvalue weighted by molar-refractivity contribution is 5.72. The molecule has 2 aliphatic rings. The molecule has 0 aromatic carbocycles. The first kappa shape index (κ1) is 22.7. The number of aromatic nitrogens is 4. The minimum absolute atomic E-state index is 0.0603. The quantitative estimate of drug-likeness (QED) is 0.430. The Morgan fingerprint density at radius 1 is 1.12 bits per heavy atom. The number of nitrogen functional groups attached to an aromatic ring is 1. The molecule has 178 valence electrons. The third-order valence-electron chi connectivity index (χ3n) is 5.46. The summed E-state index contributed by atoms with van der Waals surface area (Å²) in [6.07, 6.45) is -1.10. The first-order valence-electron chi connectivity index (χ1n) is 10.5. The number of anilines is 1. The Labute approximate surface area is 187 Å². The molecular weight excluding hydrogens is 438 g/mol. The molecule has 4 rings (SSSR count). The SMILES string of the molecule is CC(=O)OC[C@H]1O[C@@H](n2c(=O)n(CC3CC3)c3cnc(N)nc32)[C@H](OC(C)=O)[C@@H]1OC(C)=O. The number of imidazole rings is 1. The van der Waals surface area contributed by atoms with Crippen LogP contribution in [0.15, 0.2) is 11.0 Å². The Morgan fingerprint density at radius 3 is 2.39 bits per heavy atom. The van der Waals surface area contributed by atoms with E-state index in [9.17, 15) is 19.2 Å². The van der Waals surface area contributed by atoms with Crippen LogP contribution in [0.25, 0.3) is 11.2 Å². The molecule has 13 heteroatoms. The number of hydrogen-bond acceptors (Lipinski definition) is 11. The minimum Gasteiger partial charge on any atom is -0.463 e.